The van der Waals surface area contributed by atoms with Crippen molar-refractivity contribution in [3.8, 4) is 11.5 Å². The molecule has 0 saturated carbocycles. The molecule has 2 N–H and O–H groups in total. The van der Waals surface area contributed by atoms with E-state index in [1.807, 2.05) is 0 Å². The maximum absolute atomic E-state index is 12.0. The first-order chi connectivity index (χ1) is 12.0. The fourth-order valence-corrected chi connectivity index (χ4v) is 2.69. The van der Waals surface area contributed by atoms with Crippen LogP contribution >= 0.6 is 23.2 Å². The van der Waals surface area contributed by atoms with Gasteiger partial charge in [-0.25, -0.2) is 9.78 Å². The number of nitrogens with zero attached hydrogens (tertiary/aromatic N) is 1. The molecular formula is C17H13Cl2NO5. The van der Waals surface area contributed by atoms with Gasteiger partial charge in [0.2, 0.25) is 5.89 Å². The second kappa shape index (κ2) is 7.41. The Morgan fingerprint density at radius 2 is 1.92 bits per heavy atom. The van der Waals surface area contributed by atoms with Crippen molar-refractivity contribution in [1.82, 2.24) is 4.98 Å². The molecule has 3 aromatic rings. The molecule has 25 heavy (non-hydrogen) atoms. The van der Waals surface area contributed by atoms with E-state index in [0.29, 0.717) is 32.6 Å². The minimum absolute atomic E-state index is 0.240. The zero-order valence-electron chi connectivity index (χ0n) is 12.8. The summed E-state index contributed by atoms with van der Waals surface area (Å²) in [7, 11) is 0. The number of fused-ring (bicyclic) bond motifs is 1. The summed E-state index contributed by atoms with van der Waals surface area (Å²) in [6.07, 6.45) is -1.11. The molecule has 0 bridgehead atoms. The van der Waals surface area contributed by atoms with Crippen molar-refractivity contribution in [1.29, 1.82) is 0 Å². The van der Waals surface area contributed by atoms with Gasteiger partial charge in [0.1, 0.15) is 18.2 Å². The lowest BCUT2D eigenvalue weighted by Crippen LogP contribution is -2.21. The zero-order chi connectivity index (χ0) is 18.0. The molecule has 1 atom stereocenters. The fraction of sp³-hybridized carbons (Fsp3) is 0.176. The van der Waals surface area contributed by atoms with Crippen LogP contribution < -0.4 is 0 Å². The van der Waals surface area contributed by atoms with Gasteiger partial charge in [0.15, 0.2) is 5.58 Å². The Morgan fingerprint density at radius 1 is 1.20 bits per heavy atom. The van der Waals surface area contributed by atoms with Crippen molar-refractivity contribution in [2.45, 2.75) is 6.10 Å². The molecule has 0 amide bonds. The smallest absolute Gasteiger partial charge is 0.338 e. The van der Waals surface area contributed by atoms with Crippen molar-refractivity contribution in [3.63, 3.8) is 0 Å². The average molecular weight is 382 g/mol. The number of esters is 1. The number of carbonyl (C=O) groups excluding carboxylic acids is 1. The first-order valence-corrected chi connectivity index (χ1v) is 8.05. The second-order valence-electron chi connectivity index (χ2n) is 5.29. The lowest BCUT2D eigenvalue weighted by atomic mass is 10.2. The van der Waals surface area contributed by atoms with Gasteiger partial charge in [0.05, 0.1) is 12.2 Å². The van der Waals surface area contributed by atoms with Gasteiger partial charge in [0, 0.05) is 15.6 Å². The van der Waals surface area contributed by atoms with Crippen LogP contribution in [0.4, 0.5) is 0 Å². The Bertz CT molecular complexity index is 904. The van der Waals surface area contributed by atoms with Crippen molar-refractivity contribution < 1.29 is 24.2 Å². The fourth-order valence-electron chi connectivity index (χ4n) is 2.16. The number of halogens is 2. The Labute approximate surface area is 152 Å². The van der Waals surface area contributed by atoms with Gasteiger partial charge in [-0.2, -0.15) is 0 Å². The number of aliphatic hydroxyl groups is 2. The quantitative estimate of drug-likeness (QED) is 0.658. The van der Waals surface area contributed by atoms with Crippen molar-refractivity contribution >= 4 is 40.3 Å². The number of aromatic nitrogens is 1. The Hall–Kier alpha value is -2.12. The summed E-state index contributed by atoms with van der Waals surface area (Å²) in [4.78, 5) is 16.3. The van der Waals surface area contributed by atoms with Crippen LogP contribution in [0.5, 0.6) is 0 Å². The highest BCUT2D eigenvalue weighted by Gasteiger charge is 2.15. The number of rotatable bonds is 5. The van der Waals surface area contributed by atoms with Crippen LogP contribution in [-0.2, 0) is 4.74 Å². The summed E-state index contributed by atoms with van der Waals surface area (Å²) >= 11 is 12.0. The van der Waals surface area contributed by atoms with E-state index in [1.54, 1.807) is 24.3 Å². The highest BCUT2D eigenvalue weighted by atomic mass is 35.5. The van der Waals surface area contributed by atoms with E-state index in [-0.39, 0.29) is 12.2 Å². The number of carbonyl (C=O) groups is 1. The molecule has 0 saturated heterocycles. The van der Waals surface area contributed by atoms with Crippen LogP contribution in [0.15, 0.2) is 40.8 Å². The predicted octanol–water partition coefficient (Wildman–Crippen LogP) is 3.31. The summed E-state index contributed by atoms with van der Waals surface area (Å²) in [6, 6.07) is 9.59. The Morgan fingerprint density at radius 3 is 2.60 bits per heavy atom. The lowest BCUT2D eigenvalue weighted by Gasteiger charge is -2.08. The molecule has 6 nitrogen and oxygen atoms in total. The summed E-state index contributed by atoms with van der Waals surface area (Å²) in [5.41, 5.74) is 1.80. The standard InChI is InChI=1S/C17H13Cl2NO5/c18-11-3-10(4-12(19)6-11)16-20-14-2-1-9(5-15(14)25-16)17(23)24-8-13(22)7-21/h1-6,13,21-22H,7-8H2. The van der Waals surface area contributed by atoms with E-state index >= 15 is 0 Å². The van der Waals surface area contributed by atoms with Crippen molar-refractivity contribution in [3.05, 3.63) is 52.0 Å². The van der Waals surface area contributed by atoms with Crippen LogP contribution in [0.1, 0.15) is 10.4 Å². The molecule has 1 heterocycles. The van der Waals surface area contributed by atoms with E-state index in [2.05, 4.69) is 4.98 Å². The van der Waals surface area contributed by atoms with Gasteiger partial charge in [-0.3, -0.25) is 0 Å². The molecule has 3 rings (SSSR count). The topological polar surface area (TPSA) is 92.8 Å². The van der Waals surface area contributed by atoms with Gasteiger partial charge < -0.3 is 19.4 Å². The number of ether oxygens (including phenoxy) is 1. The third-order valence-electron chi connectivity index (χ3n) is 3.35. The van der Waals surface area contributed by atoms with E-state index in [4.69, 9.17) is 37.5 Å². The highest BCUT2D eigenvalue weighted by Crippen LogP contribution is 2.29. The largest absolute Gasteiger partial charge is 0.459 e. The number of hydrogen-bond acceptors (Lipinski definition) is 6. The lowest BCUT2D eigenvalue weighted by molar-refractivity contribution is 0.00933. The summed E-state index contributed by atoms with van der Waals surface area (Å²) in [5, 5.41) is 18.9. The SMILES string of the molecule is O=C(OCC(O)CO)c1ccc2nc(-c3cc(Cl)cc(Cl)c3)oc2c1. The van der Waals surface area contributed by atoms with E-state index in [9.17, 15) is 9.90 Å². The molecule has 0 aliphatic carbocycles. The highest BCUT2D eigenvalue weighted by molar-refractivity contribution is 6.35. The van der Waals surface area contributed by atoms with Crippen LogP contribution in [0.2, 0.25) is 10.0 Å². The van der Waals surface area contributed by atoms with E-state index in [0.717, 1.165) is 0 Å². The average Bonchev–Trinajstić information content (AvgIpc) is 3.01. The molecular weight excluding hydrogens is 369 g/mol. The van der Waals surface area contributed by atoms with Gasteiger partial charge in [-0.1, -0.05) is 23.2 Å². The molecule has 130 valence electrons. The van der Waals surface area contributed by atoms with Crippen molar-refractivity contribution in [2.24, 2.45) is 0 Å². The molecule has 8 heteroatoms. The van der Waals surface area contributed by atoms with Gasteiger partial charge in [-0.05, 0) is 36.4 Å². The zero-order valence-corrected chi connectivity index (χ0v) is 14.3. The third-order valence-corrected chi connectivity index (χ3v) is 3.79. The van der Waals surface area contributed by atoms with E-state index < -0.39 is 18.7 Å². The molecule has 0 aliphatic rings. The Balaban J connectivity index is 1.87. The number of benzene rings is 2. The summed E-state index contributed by atoms with van der Waals surface area (Å²) in [5.74, 6) is -0.321. The first kappa shape index (κ1) is 17.7. The van der Waals surface area contributed by atoms with Gasteiger partial charge in [-0.15, -0.1) is 0 Å². The Kier molecular flexibility index (Phi) is 5.24. The summed E-state index contributed by atoms with van der Waals surface area (Å²) < 4.78 is 10.6. The molecule has 0 radical (unpaired) electrons. The van der Waals surface area contributed by atoms with Gasteiger partial charge in [0.25, 0.3) is 0 Å². The first-order valence-electron chi connectivity index (χ1n) is 7.29. The monoisotopic (exact) mass is 381 g/mol. The van der Waals surface area contributed by atoms with Crippen LogP contribution in [0, 0.1) is 0 Å². The van der Waals surface area contributed by atoms with Crippen LogP contribution in [-0.4, -0.2) is 40.5 Å². The third kappa shape index (κ3) is 4.11. The minimum Gasteiger partial charge on any atom is -0.459 e. The van der Waals surface area contributed by atoms with Crippen LogP contribution in [0.25, 0.3) is 22.6 Å². The minimum atomic E-state index is -1.11. The molecule has 0 fully saturated rings. The number of aliphatic hydroxyl groups excluding tert-OH is 2. The molecule has 1 aromatic heterocycles. The van der Waals surface area contributed by atoms with Crippen molar-refractivity contribution in [2.75, 3.05) is 13.2 Å². The number of oxazole rings is 1. The second-order valence-corrected chi connectivity index (χ2v) is 6.17. The normalized spacial score (nSPS) is 12.3. The van der Waals surface area contributed by atoms with Crippen LogP contribution in [0.3, 0.4) is 0 Å². The predicted molar refractivity (Wildman–Crippen MR) is 92.8 cm³/mol. The molecule has 0 spiro atoms. The molecule has 0 aliphatic heterocycles. The summed E-state index contributed by atoms with van der Waals surface area (Å²) in [6.45, 7) is -0.782. The van der Waals surface area contributed by atoms with Gasteiger partial charge >= 0.3 is 5.97 Å². The maximum Gasteiger partial charge on any atom is 0.338 e. The number of hydrogen-bond donors (Lipinski definition) is 2. The van der Waals surface area contributed by atoms with E-state index in [1.165, 1.54) is 12.1 Å². The maximum atomic E-state index is 12.0. The molecule has 2 aromatic carbocycles. The molecule has 1 unspecified atom stereocenters.